The molecule has 0 aliphatic carbocycles. The maximum Gasteiger partial charge on any atom is 0.226 e. The van der Waals surface area contributed by atoms with Crippen LogP contribution in [-0.2, 0) is 11.2 Å². The maximum atomic E-state index is 11.8. The summed E-state index contributed by atoms with van der Waals surface area (Å²) in [5, 5.41) is 9.21. The number of aliphatic hydroxyl groups is 1. The van der Waals surface area contributed by atoms with Crippen LogP contribution in [0.5, 0.6) is 5.75 Å². The highest BCUT2D eigenvalue weighted by molar-refractivity contribution is 5.78. The second-order valence-corrected chi connectivity index (χ2v) is 4.15. The lowest BCUT2D eigenvalue weighted by Gasteiger charge is -2.18. The normalized spacial score (nSPS) is 12.0. The minimum Gasteiger partial charge on any atom is -0.497 e. The molecule has 1 unspecified atom stereocenters. The predicted octanol–water partition coefficient (Wildman–Crippen LogP) is 1.08. The van der Waals surface area contributed by atoms with Crippen LogP contribution < -0.4 is 4.74 Å². The Hall–Kier alpha value is -1.55. The van der Waals surface area contributed by atoms with Gasteiger partial charge in [0.25, 0.3) is 0 Å². The molecule has 0 aromatic heterocycles. The number of rotatable bonds is 5. The van der Waals surface area contributed by atoms with Gasteiger partial charge in [0.05, 0.1) is 19.6 Å². The van der Waals surface area contributed by atoms with E-state index in [1.54, 1.807) is 21.1 Å². The summed E-state index contributed by atoms with van der Waals surface area (Å²) in [4.78, 5) is 13.4. The van der Waals surface area contributed by atoms with Crippen molar-refractivity contribution in [1.29, 1.82) is 0 Å². The van der Waals surface area contributed by atoms with Crippen LogP contribution in [0.3, 0.4) is 0 Å². The summed E-state index contributed by atoms with van der Waals surface area (Å²) in [6, 6.07) is 7.42. The van der Waals surface area contributed by atoms with E-state index in [1.807, 2.05) is 24.3 Å². The Morgan fingerprint density at radius 2 is 2.24 bits per heavy atom. The van der Waals surface area contributed by atoms with Crippen LogP contribution in [-0.4, -0.2) is 42.7 Å². The molecule has 0 aliphatic rings. The predicted molar refractivity (Wildman–Crippen MR) is 66.0 cm³/mol. The van der Waals surface area contributed by atoms with Gasteiger partial charge in [-0.2, -0.15) is 0 Å². The van der Waals surface area contributed by atoms with Crippen molar-refractivity contribution in [2.24, 2.45) is 0 Å². The fourth-order valence-corrected chi connectivity index (χ4v) is 1.59. The molecule has 1 N–H and O–H groups in total. The fraction of sp³-hybridized carbons (Fsp3) is 0.462. The quantitative estimate of drug-likeness (QED) is 0.833. The zero-order valence-corrected chi connectivity index (χ0v) is 10.5. The van der Waals surface area contributed by atoms with Crippen LogP contribution in [0.2, 0.25) is 0 Å². The molecule has 4 nitrogen and oxygen atoms in total. The number of amides is 1. The van der Waals surface area contributed by atoms with Crippen molar-refractivity contribution < 1.29 is 14.6 Å². The van der Waals surface area contributed by atoms with E-state index in [0.717, 1.165) is 11.3 Å². The number of likely N-dealkylation sites (N-methyl/N-ethyl adjacent to an activating group) is 1. The summed E-state index contributed by atoms with van der Waals surface area (Å²) in [6.45, 7) is 2.01. The van der Waals surface area contributed by atoms with Crippen molar-refractivity contribution in [2.45, 2.75) is 19.4 Å². The topological polar surface area (TPSA) is 49.8 Å². The molecule has 1 aromatic carbocycles. The smallest absolute Gasteiger partial charge is 0.226 e. The zero-order valence-electron chi connectivity index (χ0n) is 10.5. The van der Waals surface area contributed by atoms with Gasteiger partial charge >= 0.3 is 0 Å². The molecule has 0 heterocycles. The number of nitrogens with zero attached hydrogens (tertiary/aromatic N) is 1. The van der Waals surface area contributed by atoms with Gasteiger partial charge in [0.15, 0.2) is 0 Å². The maximum absolute atomic E-state index is 11.8. The Balaban J connectivity index is 2.61. The first kappa shape index (κ1) is 13.5. The average Bonchev–Trinajstić information content (AvgIpc) is 2.28. The van der Waals surface area contributed by atoms with Gasteiger partial charge < -0.3 is 14.7 Å². The Morgan fingerprint density at radius 3 is 2.82 bits per heavy atom. The third kappa shape index (κ3) is 4.44. The van der Waals surface area contributed by atoms with E-state index in [9.17, 15) is 9.90 Å². The molecule has 1 amide bonds. The van der Waals surface area contributed by atoms with Gasteiger partial charge in [-0.05, 0) is 24.6 Å². The molecule has 0 fully saturated rings. The number of methoxy groups -OCH3 is 1. The summed E-state index contributed by atoms with van der Waals surface area (Å²) < 4.78 is 5.10. The molecule has 94 valence electrons. The number of hydrogen-bond acceptors (Lipinski definition) is 3. The van der Waals surface area contributed by atoms with Crippen LogP contribution in [0.15, 0.2) is 24.3 Å². The molecule has 0 saturated heterocycles. The molecule has 1 rings (SSSR count). The Kier molecular flexibility index (Phi) is 4.97. The highest BCUT2D eigenvalue weighted by Crippen LogP contribution is 2.13. The highest BCUT2D eigenvalue weighted by atomic mass is 16.5. The summed E-state index contributed by atoms with van der Waals surface area (Å²) in [5.41, 5.74) is 0.909. The van der Waals surface area contributed by atoms with E-state index in [-0.39, 0.29) is 5.91 Å². The summed E-state index contributed by atoms with van der Waals surface area (Å²) in [7, 11) is 3.29. The average molecular weight is 237 g/mol. The molecule has 0 radical (unpaired) electrons. The van der Waals surface area contributed by atoms with Crippen LogP contribution in [0.1, 0.15) is 12.5 Å². The highest BCUT2D eigenvalue weighted by Gasteiger charge is 2.11. The molecule has 0 bridgehead atoms. The van der Waals surface area contributed by atoms with Crippen molar-refractivity contribution in [2.75, 3.05) is 20.7 Å². The molecular weight excluding hydrogens is 218 g/mol. The van der Waals surface area contributed by atoms with E-state index in [2.05, 4.69) is 0 Å². The summed E-state index contributed by atoms with van der Waals surface area (Å²) >= 11 is 0. The lowest BCUT2D eigenvalue weighted by atomic mass is 10.1. The second-order valence-electron chi connectivity index (χ2n) is 4.15. The third-order valence-electron chi connectivity index (χ3n) is 2.45. The Labute approximate surface area is 102 Å². The minimum absolute atomic E-state index is 0.0147. The number of hydrogen-bond donors (Lipinski definition) is 1. The molecule has 1 atom stereocenters. The number of ether oxygens (including phenoxy) is 1. The second kappa shape index (κ2) is 6.25. The molecule has 0 saturated carbocycles. The lowest BCUT2D eigenvalue weighted by molar-refractivity contribution is -0.130. The van der Waals surface area contributed by atoms with Gasteiger partial charge in [-0.25, -0.2) is 0 Å². The van der Waals surface area contributed by atoms with Crippen LogP contribution in [0.4, 0.5) is 0 Å². The van der Waals surface area contributed by atoms with Gasteiger partial charge in [0, 0.05) is 13.6 Å². The van der Waals surface area contributed by atoms with Crippen LogP contribution in [0.25, 0.3) is 0 Å². The monoisotopic (exact) mass is 237 g/mol. The Morgan fingerprint density at radius 1 is 1.53 bits per heavy atom. The molecule has 1 aromatic rings. The van der Waals surface area contributed by atoms with Crippen LogP contribution in [0, 0.1) is 0 Å². The largest absolute Gasteiger partial charge is 0.497 e. The first-order valence-corrected chi connectivity index (χ1v) is 5.58. The van der Waals surface area contributed by atoms with Crippen molar-refractivity contribution in [1.82, 2.24) is 4.90 Å². The van der Waals surface area contributed by atoms with E-state index in [1.165, 1.54) is 4.90 Å². The molecule has 17 heavy (non-hydrogen) atoms. The first-order chi connectivity index (χ1) is 8.02. The summed E-state index contributed by atoms with van der Waals surface area (Å²) in [5.74, 6) is 0.729. The zero-order chi connectivity index (χ0) is 12.8. The van der Waals surface area contributed by atoms with Crippen molar-refractivity contribution >= 4 is 5.91 Å². The van der Waals surface area contributed by atoms with E-state index in [0.29, 0.717) is 13.0 Å². The molecule has 0 spiro atoms. The third-order valence-corrected chi connectivity index (χ3v) is 2.45. The van der Waals surface area contributed by atoms with Gasteiger partial charge in [0.2, 0.25) is 5.91 Å². The number of carbonyl (C=O) groups excluding carboxylic acids is 1. The van der Waals surface area contributed by atoms with Gasteiger partial charge in [-0.3, -0.25) is 4.79 Å². The molecule has 0 aliphatic heterocycles. The van der Waals surface area contributed by atoms with E-state index < -0.39 is 6.10 Å². The minimum atomic E-state index is -0.505. The molecular formula is C13H19NO3. The van der Waals surface area contributed by atoms with Crippen molar-refractivity contribution in [3.8, 4) is 5.75 Å². The lowest BCUT2D eigenvalue weighted by Crippen LogP contribution is -2.34. The van der Waals surface area contributed by atoms with Gasteiger partial charge in [0.1, 0.15) is 5.75 Å². The van der Waals surface area contributed by atoms with Crippen molar-refractivity contribution in [3.05, 3.63) is 29.8 Å². The van der Waals surface area contributed by atoms with E-state index >= 15 is 0 Å². The Bertz CT molecular complexity index is 377. The summed E-state index contributed by atoms with van der Waals surface area (Å²) in [6.07, 6.45) is -0.185. The number of carbonyl (C=O) groups is 1. The van der Waals surface area contributed by atoms with E-state index in [4.69, 9.17) is 4.74 Å². The van der Waals surface area contributed by atoms with Gasteiger partial charge in [-0.15, -0.1) is 0 Å². The standard InChI is InChI=1S/C13H19NO3/c1-10(15)9-14(2)13(16)8-11-5-4-6-12(7-11)17-3/h4-7,10,15H,8-9H2,1-3H3. The fourth-order valence-electron chi connectivity index (χ4n) is 1.59. The van der Waals surface area contributed by atoms with Gasteiger partial charge in [-0.1, -0.05) is 12.1 Å². The van der Waals surface area contributed by atoms with Crippen molar-refractivity contribution in [3.63, 3.8) is 0 Å². The first-order valence-electron chi connectivity index (χ1n) is 5.58. The molecule has 4 heteroatoms. The van der Waals surface area contributed by atoms with Crippen LogP contribution >= 0.6 is 0 Å². The number of aliphatic hydroxyl groups excluding tert-OH is 1. The SMILES string of the molecule is COc1cccc(CC(=O)N(C)CC(C)O)c1. The number of benzene rings is 1.